The van der Waals surface area contributed by atoms with Crippen molar-refractivity contribution in [1.82, 2.24) is 24.8 Å². The van der Waals surface area contributed by atoms with Gasteiger partial charge in [0.15, 0.2) is 0 Å². The second kappa shape index (κ2) is 7.40. The van der Waals surface area contributed by atoms with Crippen molar-refractivity contribution in [3.63, 3.8) is 0 Å². The van der Waals surface area contributed by atoms with Crippen LogP contribution < -0.4 is 0 Å². The Morgan fingerprint density at radius 1 is 1.10 bits per heavy atom. The Morgan fingerprint density at radius 2 is 1.90 bits per heavy atom. The Hall–Kier alpha value is -3.06. The van der Waals surface area contributed by atoms with E-state index in [0.717, 1.165) is 59.2 Å². The maximum absolute atomic E-state index is 13.1. The highest BCUT2D eigenvalue weighted by atomic mass is 32.1. The lowest BCUT2D eigenvalue weighted by Gasteiger charge is -2.30. The summed E-state index contributed by atoms with van der Waals surface area (Å²) in [7, 11) is 0. The van der Waals surface area contributed by atoms with Gasteiger partial charge in [-0.2, -0.15) is 0 Å². The number of aryl methyl sites for hydroxylation is 1. The van der Waals surface area contributed by atoms with Crippen molar-refractivity contribution in [2.45, 2.75) is 25.7 Å². The Labute approximate surface area is 172 Å². The molecule has 4 aromatic rings. The fourth-order valence-electron chi connectivity index (χ4n) is 3.86. The monoisotopic (exact) mass is 403 g/mol. The summed E-state index contributed by atoms with van der Waals surface area (Å²) < 4.78 is 0. The molecular weight excluding hydrogens is 382 g/mol. The van der Waals surface area contributed by atoms with E-state index in [4.69, 9.17) is 4.98 Å². The van der Waals surface area contributed by atoms with Crippen LogP contribution in [0.15, 0.2) is 48.7 Å². The van der Waals surface area contributed by atoms with Gasteiger partial charge >= 0.3 is 0 Å². The molecule has 1 aromatic carbocycles. The minimum Gasteiger partial charge on any atom is -0.342 e. The van der Waals surface area contributed by atoms with E-state index in [1.807, 2.05) is 48.2 Å². The maximum atomic E-state index is 13.1. The van der Waals surface area contributed by atoms with E-state index in [1.54, 1.807) is 6.20 Å². The number of rotatable bonds is 3. The first kappa shape index (κ1) is 18.0. The molecule has 3 aromatic heterocycles. The molecule has 0 radical (unpaired) electrons. The van der Waals surface area contributed by atoms with Gasteiger partial charge in [0.2, 0.25) is 0 Å². The van der Waals surface area contributed by atoms with Crippen molar-refractivity contribution in [2.75, 3.05) is 13.1 Å². The van der Waals surface area contributed by atoms with Crippen LogP contribution in [0.2, 0.25) is 0 Å². The van der Waals surface area contributed by atoms with Gasteiger partial charge in [-0.3, -0.25) is 9.78 Å². The molecule has 1 fully saturated rings. The second-order valence-corrected chi connectivity index (χ2v) is 8.35. The van der Waals surface area contributed by atoms with Gasteiger partial charge in [-0.25, -0.2) is 9.97 Å². The van der Waals surface area contributed by atoms with Crippen LogP contribution in [0.5, 0.6) is 0 Å². The third-order valence-corrected chi connectivity index (χ3v) is 6.62. The molecule has 146 valence electrons. The first-order valence-corrected chi connectivity index (χ1v) is 10.6. The maximum Gasteiger partial charge on any atom is 0.265 e. The molecule has 0 atom stereocenters. The molecule has 29 heavy (non-hydrogen) atoms. The summed E-state index contributed by atoms with van der Waals surface area (Å²) in [6.45, 7) is 3.37. The number of hydrogen-bond donors (Lipinski definition) is 1. The number of fused-ring (bicyclic) bond motifs is 1. The van der Waals surface area contributed by atoms with E-state index in [2.05, 4.69) is 21.0 Å². The van der Waals surface area contributed by atoms with Crippen molar-refractivity contribution in [3.05, 3.63) is 65.1 Å². The van der Waals surface area contributed by atoms with Crippen molar-refractivity contribution in [2.24, 2.45) is 0 Å². The smallest absolute Gasteiger partial charge is 0.265 e. The number of aromatic nitrogens is 4. The molecule has 7 heteroatoms. The average molecular weight is 404 g/mol. The summed E-state index contributed by atoms with van der Waals surface area (Å²) in [6.07, 6.45) is 3.57. The molecule has 4 heterocycles. The molecule has 1 aliphatic heterocycles. The summed E-state index contributed by atoms with van der Waals surface area (Å²) in [5.41, 5.74) is 3.66. The lowest BCUT2D eigenvalue weighted by Crippen LogP contribution is -2.38. The second-order valence-electron chi connectivity index (χ2n) is 7.35. The summed E-state index contributed by atoms with van der Waals surface area (Å²) in [4.78, 5) is 32.9. The normalized spacial score (nSPS) is 15.1. The number of carbonyl (C=O) groups is 1. The number of H-pyrrole nitrogens is 1. The number of carbonyl (C=O) groups excluding carboxylic acids is 1. The number of pyridine rings is 1. The van der Waals surface area contributed by atoms with Crippen molar-refractivity contribution in [3.8, 4) is 10.7 Å². The van der Waals surface area contributed by atoms with E-state index in [9.17, 15) is 4.79 Å². The zero-order chi connectivity index (χ0) is 19.8. The summed E-state index contributed by atoms with van der Waals surface area (Å²) in [6, 6.07) is 13.8. The largest absolute Gasteiger partial charge is 0.342 e. The number of benzene rings is 1. The molecule has 5 rings (SSSR count). The molecule has 0 spiro atoms. The number of imidazole rings is 1. The Morgan fingerprint density at radius 3 is 2.66 bits per heavy atom. The number of hydrogen-bond acceptors (Lipinski definition) is 5. The molecule has 0 aliphatic carbocycles. The number of para-hydroxylation sites is 2. The zero-order valence-electron chi connectivity index (χ0n) is 16.1. The standard InChI is InChI=1S/C22H21N5OS/c1-14-19(29-21(24-14)18-8-4-5-11-23-18)22(28)27-12-9-15(10-13-27)20-25-16-6-2-3-7-17(16)26-20/h2-8,11,15H,9-10,12-13H2,1H3,(H,25,26). The van der Waals surface area contributed by atoms with Gasteiger partial charge in [0.1, 0.15) is 15.7 Å². The quantitative estimate of drug-likeness (QED) is 0.550. The van der Waals surface area contributed by atoms with E-state index in [0.29, 0.717) is 10.8 Å². The molecule has 6 nitrogen and oxygen atoms in total. The number of thiazole rings is 1. The lowest BCUT2D eigenvalue weighted by molar-refractivity contribution is 0.0715. The number of likely N-dealkylation sites (tertiary alicyclic amines) is 1. The molecule has 1 saturated heterocycles. The van der Waals surface area contributed by atoms with Crippen molar-refractivity contribution in [1.29, 1.82) is 0 Å². The van der Waals surface area contributed by atoms with Gasteiger partial charge in [-0.05, 0) is 44.0 Å². The van der Waals surface area contributed by atoms with Gasteiger partial charge in [-0.15, -0.1) is 11.3 Å². The van der Waals surface area contributed by atoms with Gasteiger partial charge in [0.05, 0.1) is 22.4 Å². The third-order valence-electron chi connectivity index (χ3n) is 5.45. The molecule has 0 bridgehead atoms. The summed E-state index contributed by atoms with van der Waals surface area (Å²) in [5, 5.41) is 0.795. The first-order valence-electron chi connectivity index (χ1n) is 9.82. The number of nitrogens with zero attached hydrogens (tertiary/aromatic N) is 4. The van der Waals surface area contributed by atoms with Crippen LogP contribution in [0, 0.1) is 6.92 Å². The molecule has 0 saturated carbocycles. The molecular formula is C22H21N5OS. The highest BCUT2D eigenvalue weighted by Gasteiger charge is 2.28. The molecule has 1 aliphatic rings. The highest BCUT2D eigenvalue weighted by molar-refractivity contribution is 7.17. The fraction of sp³-hybridized carbons (Fsp3) is 0.273. The predicted octanol–water partition coefficient (Wildman–Crippen LogP) is 4.41. The first-order chi connectivity index (χ1) is 14.2. The van der Waals surface area contributed by atoms with Crippen LogP contribution in [-0.2, 0) is 0 Å². The van der Waals surface area contributed by atoms with Crippen LogP contribution in [0.1, 0.15) is 39.9 Å². The van der Waals surface area contributed by atoms with Crippen LogP contribution in [-0.4, -0.2) is 43.8 Å². The number of aromatic amines is 1. The van der Waals surface area contributed by atoms with Gasteiger partial charge in [0.25, 0.3) is 5.91 Å². The molecule has 0 unspecified atom stereocenters. The van der Waals surface area contributed by atoms with E-state index < -0.39 is 0 Å². The van der Waals surface area contributed by atoms with Crippen molar-refractivity contribution < 1.29 is 4.79 Å². The van der Waals surface area contributed by atoms with Crippen LogP contribution >= 0.6 is 11.3 Å². The van der Waals surface area contributed by atoms with Crippen LogP contribution in [0.3, 0.4) is 0 Å². The van der Waals surface area contributed by atoms with Gasteiger partial charge in [0, 0.05) is 25.2 Å². The Balaban J connectivity index is 1.29. The summed E-state index contributed by atoms with van der Waals surface area (Å²) >= 11 is 1.43. The summed E-state index contributed by atoms with van der Waals surface area (Å²) in [5.74, 6) is 1.47. The fourth-order valence-corrected chi connectivity index (χ4v) is 4.87. The number of nitrogens with one attached hydrogen (secondary N) is 1. The number of amides is 1. The number of piperidine rings is 1. The topological polar surface area (TPSA) is 74.8 Å². The van der Waals surface area contributed by atoms with E-state index in [1.165, 1.54) is 11.3 Å². The highest BCUT2D eigenvalue weighted by Crippen LogP contribution is 2.31. The van der Waals surface area contributed by atoms with Crippen LogP contribution in [0.4, 0.5) is 0 Å². The Bertz CT molecular complexity index is 1130. The lowest BCUT2D eigenvalue weighted by atomic mass is 9.96. The minimum atomic E-state index is 0.0743. The zero-order valence-corrected chi connectivity index (χ0v) is 16.9. The third kappa shape index (κ3) is 3.42. The minimum absolute atomic E-state index is 0.0743. The average Bonchev–Trinajstić information content (AvgIpc) is 3.38. The molecule has 1 amide bonds. The van der Waals surface area contributed by atoms with Gasteiger partial charge in [-0.1, -0.05) is 18.2 Å². The SMILES string of the molecule is Cc1nc(-c2ccccn2)sc1C(=O)N1CCC(c2nc3ccccc3[nH]2)CC1. The van der Waals surface area contributed by atoms with E-state index in [-0.39, 0.29) is 5.91 Å². The Kier molecular flexibility index (Phi) is 4.60. The van der Waals surface area contributed by atoms with Crippen LogP contribution in [0.25, 0.3) is 21.7 Å². The van der Waals surface area contributed by atoms with Crippen molar-refractivity contribution >= 4 is 28.3 Å². The van der Waals surface area contributed by atoms with E-state index >= 15 is 0 Å². The molecule has 1 N–H and O–H groups in total. The van der Waals surface area contributed by atoms with Gasteiger partial charge < -0.3 is 9.88 Å². The predicted molar refractivity (Wildman–Crippen MR) is 114 cm³/mol.